The Morgan fingerprint density at radius 3 is 1.70 bits per heavy atom. The van der Waals surface area contributed by atoms with Gasteiger partial charge in [0.1, 0.15) is 5.75 Å². The van der Waals surface area contributed by atoms with Gasteiger partial charge in [-0.2, -0.15) is 0 Å². The number of rotatable bonds is 1. The van der Waals surface area contributed by atoms with E-state index in [0.29, 0.717) is 0 Å². The average molecular weight is 312 g/mol. The van der Waals surface area contributed by atoms with Gasteiger partial charge in [-0.25, -0.2) is 0 Å². The fraction of sp³-hybridized carbons (Fsp3) is 0.476. The van der Waals surface area contributed by atoms with E-state index in [1.807, 2.05) is 30.4 Å². The van der Waals surface area contributed by atoms with Crippen LogP contribution in [0.3, 0.4) is 0 Å². The molecule has 1 aliphatic rings. The Bertz CT molecular complexity index is 657. The molecule has 0 heterocycles. The van der Waals surface area contributed by atoms with Crippen LogP contribution in [0, 0.1) is 10.8 Å². The molecule has 1 N–H and O–H groups in total. The molecule has 124 valence electrons. The number of phenolic OH excluding ortho intramolecular Hbond substituents is 1. The molecule has 0 unspecified atom stereocenters. The molecular weight excluding hydrogens is 284 g/mol. The number of carbonyl (C=O) groups is 1. The van der Waals surface area contributed by atoms with Crippen LogP contribution in [0.15, 0.2) is 47.6 Å². The summed E-state index contributed by atoms with van der Waals surface area (Å²) in [6.07, 6.45) is 4.05. The van der Waals surface area contributed by atoms with Crippen molar-refractivity contribution < 1.29 is 9.90 Å². The van der Waals surface area contributed by atoms with E-state index in [0.717, 1.165) is 16.7 Å². The molecule has 0 bridgehead atoms. The van der Waals surface area contributed by atoms with Crippen LogP contribution in [0.4, 0.5) is 0 Å². The largest absolute Gasteiger partial charge is 0.508 e. The van der Waals surface area contributed by atoms with E-state index in [4.69, 9.17) is 0 Å². The molecule has 0 saturated heterocycles. The molecule has 1 aliphatic carbocycles. The third-order valence-electron chi connectivity index (χ3n) is 4.48. The second-order valence-electron chi connectivity index (χ2n) is 8.74. The third kappa shape index (κ3) is 3.26. The van der Waals surface area contributed by atoms with Gasteiger partial charge in [0.05, 0.1) is 0 Å². The summed E-state index contributed by atoms with van der Waals surface area (Å²) < 4.78 is 0. The molecular formula is C21H28O2. The smallest absolute Gasteiger partial charge is 0.185 e. The second kappa shape index (κ2) is 5.36. The van der Waals surface area contributed by atoms with Crippen LogP contribution in [0.2, 0.25) is 0 Å². The predicted molar refractivity (Wildman–Crippen MR) is 95.5 cm³/mol. The summed E-state index contributed by atoms with van der Waals surface area (Å²) in [4.78, 5) is 13.0. The minimum atomic E-state index is -0.496. The Kier molecular flexibility index (Phi) is 4.09. The number of benzene rings is 1. The van der Waals surface area contributed by atoms with Crippen LogP contribution in [-0.2, 0) is 10.2 Å². The zero-order valence-electron chi connectivity index (χ0n) is 15.3. The first-order valence-electron chi connectivity index (χ1n) is 8.16. The lowest BCUT2D eigenvalue weighted by Crippen LogP contribution is -2.34. The van der Waals surface area contributed by atoms with Crippen molar-refractivity contribution in [1.29, 1.82) is 0 Å². The van der Waals surface area contributed by atoms with Crippen molar-refractivity contribution >= 4 is 5.78 Å². The first-order valence-corrected chi connectivity index (χ1v) is 8.16. The van der Waals surface area contributed by atoms with Crippen LogP contribution in [-0.4, -0.2) is 10.9 Å². The van der Waals surface area contributed by atoms with Crippen LogP contribution in [0.25, 0.3) is 0 Å². The highest BCUT2D eigenvalue weighted by atomic mass is 16.3. The number of Topliss-reactive ketones (excluding diaryl/α,β-unsaturated/α-hetero) is 1. The van der Waals surface area contributed by atoms with E-state index in [1.54, 1.807) is 6.07 Å². The highest BCUT2D eigenvalue weighted by Crippen LogP contribution is 2.45. The lowest BCUT2D eigenvalue weighted by atomic mass is 9.65. The molecule has 1 aromatic carbocycles. The highest BCUT2D eigenvalue weighted by molar-refractivity contribution is 6.11. The summed E-state index contributed by atoms with van der Waals surface area (Å²) in [7, 11) is 0. The Labute approximate surface area is 139 Å². The lowest BCUT2D eigenvalue weighted by molar-refractivity contribution is -0.114. The van der Waals surface area contributed by atoms with Gasteiger partial charge in [0, 0.05) is 22.1 Å². The van der Waals surface area contributed by atoms with Gasteiger partial charge in [-0.15, -0.1) is 0 Å². The third-order valence-corrected chi connectivity index (χ3v) is 4.48. The summed E-state index contributed by atoms with van der Waals surface area (Å²) in [6.45, 7) is 14.4. The first-order chi connectivity index (χ1) is 10.4. The number of ketones is 1. The number of para-hydroxylation sites is 1. The summed E-state index contributed by atoms with van der Waals surface area (Å²) in [5.41, 5.74) is 1.48. The van der Waals surface area contributed by atoms with Gasteiger partial charge < -0.3 is 5.11 Å². The van der Waals surface area contributed by atoms with Crippen molar-refractivity contribution in [3.8, 4) is 5.75 Å². The van der Waals surface area contributed by atoms with Gasteiger partial charge in [0.2, 0.25) is 0 Å². The zero-order chi connectivity index (χ0) is 17.6. The van der Waals surface area contributed by atoms with Crippen LogP contribution in [0.5, 0.6) is 5.75 Å². The Morgan fingerprint density at radius 2 is 1.30 bits per heavy atom. The molecule has 2 nitrogen and oxygen atoms in total. The summed E-state index contributed by atoms with van der Waals surface area (Å²) >= 11 is 0. The van der Waals surface area contributed by atoms with E-state index in [9.17, 15) is 9.90 Å². The molecule has 0 aliphatic heterocycles. The van der Waals surface area contributed by atoms with Crippen LogP contribution >= 0.6 is 0 Å². The fourth-order valence-electron chi connectivity index (χ4n) is 3.12. The normalized spacial score (nSPS) is 18.5. The molecule has 0 aromatic heterocycles. The molecule has 23 heavy (non-hydrogen) atoms. The molecule has 0 amide bonds. The Balaban J connectivity index is 2.75. The molecule has 0 atom stereocenters. The van der Waals surface area contributed by atoms with Gasteiger partial charge in [-0.3, -0.25) is 4.79 Å². The van der Waals surface area contributed by atoms with Crippen molar-refractivity contribution in [1.82, 2.24) is 0 Å². The van der Waals surface area contributed by atoms with Crippen molar-refractivity contribution in [2.75, 3.05) is 0 Å². The number of hydrogen-bond donors (Lipinski definition) is 1. The molecule has 2 heteroatoms. The van der Waals surface area contributed by atoms with Gasteiger partial charge in [-0.1, -0.05) is 71.9 Å². The number of phenols is 1. The first kappa shape index (κ1) is 17.5. The quantitative estimate of drug-likeness (QED) is 0.776. The minimum Gasteiger partial charge on any atom is -0.508 e. The second-order valence-corrected chi connectivity index (χ2v) is 8.74. The Hall–Kier alpha value is -1.83. The SMILES string of the molecule is CC(C)(C)C1=CC(C)(c2ccccc2O)C=C(C(C)(C)C)C1=O. The molecule has 0 spiro atoms. The minimum absolute atomic E-state index is 0.123. The van der Waals surface area contributed by atoms with Crippen molar-refractivity contribution in [2.45, 2.75) is 53.9 Å². The molecule has 0 saturated carbocycles. The number of aromatic hydroxyl groups is 1. The standard InChI is InChI=1S/C21H28O2/c1-19(2,3)15-12-21(7,14-10-8-9-11-17(14)22)13-16(18(15)23)20(4,5)6/h8-13,22H,1-7H3. The van der Waals surface area contributed by atoms with Crippen LogP contribution < -0.4 is 0 Å². The topological polar surface area (TPSA) is 37.3 Å². The molecule has 1 aromatic rings. The number of allylic oxidation sites excluding steroid dienone is 4. The monoisotopic (exact) mass is 312 g/mol. The van der Waals surface area contributed by atoms with Crippen molar-refractivity contribution in [2.24, 2.45) is 10.8 Å². The van der Waals surface area contributed by atoms with Crippen molar-refractivity contribution in [3.63, 3.8) is 0 Å². The molecule has 0 radical (unpaired) electrons. The number of hydrogen-bond acceptors (Lipinski definition) is 2. The van der Waals surface area contributed by atoms with Gasteiger partial charge >= 0.3 is 0 Å². The predicted octanol–water partition coefficient (Wildman–Crippen LogP) is 5.18. The summed E-state index contributed by atoms with van der Waals surface area (Å²) in [5.74, 6) is 0.385. The maximum Gasteiger partial charge on any atom is 0.185 e. The lowest BCUT2D eigenvalue weighted by Gasteiger charge is -2.38. The van der Waals surface area contributed by atoms with E-state index < -0.39 is 5.41 Å². The summed E-state index contributed by atoms with van der Waals surface area (Å²) in [5, 5.41) is 10.3. The maximum absolute atomic E-state index is 13.0. The van der Waals surface area contributed by atoms with Crippen LogP contribution in [0.1, 0.15) is 54.0 Å². The average Bonchev–Trinajstić information content (AvgIpc) is 2.39. The van der Waals surface area contributed by atoms with E-state index in [-0.39, 0.29) is 22.4 Å². The Morgan fingerprint density at radius 1 is 0.870 bits per heavy atom. The van der Waals surface area contributed by atoms with Crippen molar-refractivity contribution in [3.05, 3.63) is 53.1 Å². The van der Waals surface area contributed by atoms with E-state index in [2.05, 4.69) is 48.5 Å². The maximum atomic E-state index is 13.0. The number of carbonyl (C=O) groups excluding carboxylic acids is 1. The highest BCUT2D eigenvalue weighted by Gasteiger charge is 2.40. The molecule has 2 rings (SSSR count). The van der Waals surface area contributed by atoms with E-state index in [1.165, 1.54) is 0 Å². The van der Waals surface area contributed by atoms with E-state index >= 15 is 0 Å². The fourth-order valence-corrected chi connectivity index (χ4v) is 3.12. The summed E-state index contributed by atoms with van der Waals surface area (Å²) in [6, 6.07) is 7.37. The van der Waals surface area contributed by atoms with Gasteiger partial charge in [0.25, 0.3) is 0 Å². The van der Waals surface area contributed by atoms with Gasteiger partial charge in [0.15, 0.2) is 5.78 Å². The molecule has 0 fully saturated rings. The zero-order valence-corrected chi connectivity index (χ0v) is 15.3. The van der Waals surface area contributed by atoms with Gasteiger partial charge in [-0.05, 0) is 23.8 Å².